The molecule has 9 heteroatoms. The zero-order valence-electron chi connectivity index (χ0n) is 18.7. The number of hydrogen-bond acceptors (Lipinski definition) is 7. The first kappa shape index (κ1) is 23.3. The van der Waals surface area contributed by atoms with E-state index >= 15 is 0 Å². The summed E-state index contributed by atoms with van der Waals surface area (Å²) in [5.41, 5.74) is 0.386. The Morgan fingerprint density at radius 3 is 2.81 bits per heavy atom. The van der Waals surface area contributed by atoms with Crippen LogP contribution >= 0.6 is 11.3 Å². The van der Waals surface area contributed by atoms with Gasteiger partial charge in [0.25, 0.3) is 0 Å². The summed E-state index contributed by atoms with van der Waals surface area (Å²) in [6, 6.07) is 3.98. The highest BCUT2D eigenvalue weighted by molar-refractivity contribution is 7.13. The zero-order valence-corrected chi connectivity index (χ0v) is 19.5. The van der Waals surface area contributed by atoms with Crippen LogP contribution in [-0.2, 0) is 16.1 Å². The van der Waals surface area contributed by atoms with Crippen LogP contribution in [0.15, 0.2) is 21.9 Å². The average Bonchev–Trinajstić information content (AvgIpc) is 3.34. The first-order valence-electron chi connectivity index (χ1n) is 10.7. The maximum Gasteiger partial charge on any atom is 0.407 e. The van der Waals surface area contributed by atoms with Crippen LogP contribution < -0.4 is 10.6 Å². The van der Waals surface area contributed by atoms with Crippen LogP contribution in [0, 0.1) is 12.8 Å². The molecule has 0 aliphatic carbocycles. The van der Waals surface area contributed by atoms with Crippen molar-refractivity contribution in [2.75, 3.05) is 26.2 Å². The number of carbonyl (C=O) groups is 2. The fourth-order valence-electron chi connectivity index (χ4n) is 3.51. The highest BCUT2D eigenvalue weighted by Crippen LogP contribution is 2.27. The van der Waals surface area contributed by atoms with Crippen molar-refractivity contribution in [2.24, 2.45) is 5.92 Å². The molecule has 0 spiro atoms. The number of nitrogens with zero attached hydrogens (tertiary/aromatic N) is 2. The van der Waals surface area contributed by atoms with Crippen molar-refractivity contribution in [3.63, 3.8) is 0 Å². The van der Waals surface area contributed by atoms with Gasteiger partial charge in [0.2, 0.25) is 11.8 Å². The molecule has 3 rings (SSSR count). The Hall–Kier alpha value is -2.39. The van der Waals surface area contributed by atoms with Gasteiger partial charge in [-0.1, -0.05) is 6.07 Å². The third-order valence-electron chi connectivity index (χ3n) is 4.97. The third kappa shape index (κ3) is 7.07. The topological polar surface area (TPSA) is 96.7 Å². The van der Waals surface area contributed by atoms with Gasteiger partial charge in [-0.15, -0.1) is 11.3 Å². The molecule has 2 amide bonds. The Labute approximate surface area is 187 Å². The molecule has 3 heterocycles. The largest absolute Gasteiger partial charge is 0.444 e. The monoisotopic (exact) mass is 448 g/mol. The molecule has 1 fully saturated rings. The van der Waals surface area contributed by atoms with Crippen LogP contribution in [0.1, 0.15) is 45.1 Å². The first-order chi connectivity index (χ1) is 14.7. The molecule has 8 nitrogen and oxygen atoms in total. The van der Waals surface area contributed by atoms with E-state index in [1.54, 1.807) is 11.3 Å². The number of alkyl carbamates (subject to hydrolysis) is 1. The quantitative estimate of drug-likeness (QED) is 0.629. The summed E-state index contributed by atoms with van der Waals surface area (Å²) in [6.07, 6.45) is 1.35. The maximum atomic E-state index is 12.6. The number of carbonyl (C=O) groups excluding carboxylic acids is 2. The summed E-state index contributed by atoms with van der Waals surface area (Å²) in [4.78, 5) is 32.2. The van der Waals surface area contributed by atoms with Crippen LogP contribution in [0.5, 0.6) is 0 Å². The van der Waals surface area contributed by atoms with Crippen molar-refractivity contribution < 1.29 is 18.7 Å². The number of piperidine rings is 1. The molecule has 31 heavy (non-hydrogen) atoms. The zero-order chi connectivity index (χ0) is 22.4. The van der Waals surface area contributed by atoms with Crippen LogP contribution in [0.25, 0.3) is 10.8 Å². The fraction of sp³-hybridized carbons (Fsp3) is 0.591. The minimum Gasteiger partial charge on any atom is -0.444 e. The molecule has 1 atom stereocenters. The lowest BCUT2D eigenvalue weighted by Gasteiger charge is -2.31. The fourth-order valence-corrected chi connectivity index (χ4v) is 4.16. The number of likely N-dealkylation sites (tertiary alicyclic amines) is 1. The van der Waals surface area contributed by atoms with Gasteiger partial charge < -0.3 is 19.8 Å². The Bertz CT molecular complexity index is 873. The molecule has 2 N–H and O–H groups in total. The van der Waals surface area contributed by atoms with E-state index in [0.717, 1.165) is 35.7 Å². The second-order valence-electron chi connectivity index (χ2n) is 8.79. The van der Waals surface area contributed by atoms with Crippen molar-refractivity contribution in [1.82, 2.24) is 20.5 Å². The lowest BCUT2D eigenvalue weighted by atomic mass is 9.97. The van der Waals surface area contributed by atoms with E-state index in [1.807, 2.05) is 45.2 Å². The number of thiophene rings is 1. The Morgan fingerprint density at radius 1 is 1.32 bits per heavy atom. The number of nitrogens with one attached hydrogen (secondary N) is 2. The number of aryl methyl sites for hydroxylation is 1. The van der Waals surface area contributed by atoms with Crippen molar-refractivity contribution >= 4 is 23.3 Å². The molecule has 1 aliphatic rings. The number of rotatable bonds is 7. The summed E-state index contributed by atoms with van der Waals surface area (Å²) in [5.74, 6) is 1.43. The minimum atomic E-state index is -0.536. The summed E-state index contributed by atoms with van der Waals surface area (Å²) in [5, 5.41) is 7.58. The Morgan fingerprint density at radius 2 is 2.10 bits per heavy atom. The summed E-state index contributed by atoms with van der Waals surface area (Å²) < 4.78 is 11.0. The molecule has 170 valence electrons. The van der Waals surface area contributed by atoms with Gasteiger partial charge in [0.05, 0.1) is 16.5 Å². The molecule has 2 aromatic heterocycles. The van der Waals surface area contributed by atoms with E-state index in [2.05, 4.69) is 20.5 Å². The number of ether oxygens (including phenoxy) is 1. The number of amides is 2. The van der Waals surface area contributed by atoms with E-state index in [0.29, 0.717) is 32.1 Å². The summed E-state index contributed by atoms with van der Waals surface area (Å²) in [6.45, 7) is 10.4. The van der Waals surface area contributed by atoms with Crippen molar-refractivity contribution in [3.8, 4) is 10.8 Å². The van der Waals surface area contributed by atoms with Crippen molar-refractivity contribution in [1.29, 1.82) is 0 Å². The predicted octanol–water partition coefficient (Wildman–Crippen LogP) is 3.56. The summed E-state index contributed by atoms with van der Waals surface area (Å²) >= 11 is 1.61. The third-order valence-corrected chi connectivity index (χ3v) is 5.82. The first-order valence-corrected chi connectivity index (χ1v) is 11.6. The van der Waals surface area contributed by atoms with E-state index in [9.17, 15) is 9.59 Å². The van der Waals surface area contributed by atoms with E-state index in [-0.39, 0.29) is 11.8 Å². The van der Waals surface area contributed by atoms with E-state index < -0.39 is 11.7 Å². The lowest BCUT2D eigenvalue weighted by Crippen LogP contribution is -2.44. The highest BCUT2D eigenvalue weighted by Gasteiger charge is 2.27. The van der Waals surface area contributed by atoms with Crippen molar-refractivity contribution in [3.05, 3.63) is 29.0 Å². The van der Waals surface area contributed by atoms with Crippen LogP contribution in [0.4, 0.5) is 4.79 Å². The van der Waals surface area contributed by atoms with Gasteiger partial charge in [0, 0.05) is 26.2 Å². The molecule has 0 radical (unpaired) electrons. The maximum absolute atomic E-state index is 12.6. The number of hydrogen-bond donors (Lipinski definition) is 2. The second kappa shape index (κ2) is 10.3. The number of aromatic nitrogens is 1. The van der Waals surface area contributed by atoms with Gasteiger partial charge in [-0.2, -0.15) is 0 Å². The van der Waals surface area contributed by atoms with E-state index in [4.69, 9.17) is 9.15 Å². The second-order valence-corrected chi connectivity index (χ2v) is 9.74. The smallest absolute Gasteiger partial charge is 0.407 e. The van der Waals surface area contributed by atoms with Gasteiger partial charge in [-0.25, -0.2) is 9.78 Å². The SMILES string of the molecule is Cc1oc(-c2cccs2)nc1CN1CCCC(C(=O)NCCNC(=O)OC(C)(C)C)C1. The molecule has 0 bridgehead atoms. The Balaban J connectivity index is 1.44. The van der Waals surface area contributed by atoms with Gasteiger partial charge in [0.1, 0.15) is 11.4 Å². The van der Waals surface area contributed by atoms with Crippen LogP contribution in [0.3, 0.4) is 0 Å². The predicted molar refractivity (Wildman–Crippen MR) is 120 cm³/mol. The van der Waals surface area contributed by atoms with Gasteiger partial charge >= 0.3 is 6.09 Å². The molecule has 0 saturated carbocycles. The van der Waals surface area contributed by atoms with Gasteiger partial charge in [0.15, 0.2) is 0 Å². The van der Waals surface area contributed by atoms with Crippen molar-refractivity contribution in [2.45, 2.75) is 52.7 Å². The highest BCUT2D eigenvalue weighted by atomic mass is 32.1. The summed E-state index contributed by atoms with van der Waals surface area (Å²) in [7, 11) is 0. The molecule has 0 aromatic carbocycles. The van der Waals surface area contributed by atoms with Gasteiger partial charge in [-0.3, -0.25) is 9.69 Å². The molecular weight excluding hydrogens is 416 g/mol. The molecule has 1 saturated heterocycles. The molecule has 2 aromatic rings. The molecular formula is C22H32N4O4S. The lowest BCUT2D eigenvalue weighted by molar-refractivity contribution is -0.126. The van der Waals surface area contributed by atoms with Crippen LogP contribution in [-0.4, -0.2) is 53.7 Å². The normalized spacial score (nSPS) is 17.4. The van der Waals surface area contributed by atoms with E-state index in [1.165, 1.54) is 0 Å². The minimum absolute atomic E-state index is 0.0202. The molecule has 1 aliphatic heterocycles. The van der Waals surface area contributed by atoms with Gasteiger partial charge in [-0.05, 0) is 58.5 Å². The Kier molecular flexibility index (Phi) is 7.72. The molecule has 1 unspecified atom stereocenters. The average molecular weight is 449 g/mol. The standard InChI is InChI=1S/C22H32N4O4S/c1-15-17(25-20(29-15)18-8-6-12-31-18)14-26-11-5-7-16(13-26)19(27)23-9-10-24-21(28)30-22(2,3)4/h6,8,12,16H,5,7,9-11,13-14H2,1-4H3,(H,23,27)(H,24,28). The van der Waals surface area contributed by atoms with Crippen LogP contribution in [0.2, 0.25) is 0 Å². The number of oxazole rings is 1.